The van der Waals surface area contributed by atoms with Crippen molar-refractivity contribution in [3.05, 3.63) is 0 Å². The van der Waals surface area contributed by atoms with Crippen molar-refractivity contribution in [3.63, 3.8) is 0 Å². The largest absolute Gasteiger partial charge is 0.338 e. The van der Waals surface area contributed by atoms with E-state index in [0.717, 1.165) is 32.5 Å². The van der Waals surface area contributed by atoms with E-state index in [1.54, 1.807) is 4.90 Å². The van der Waals surface area contributed by atoms with E-state index in [9.17, 15) is 4.79 Å². The molecule has 0 atom stereocenters. The van der Waals surface area contributed by atoms with E-state index < -0.39 is 0 Å². The first-order valence-corrected chi connectivity index (χ1v) is 5.45. The molecule has 1 aliphatic carbocycles. The third kappa shape index (κ3) is 2.87. The zero-order valence-electron chi connectivity index (χ0n) is 9.12. The van der Waals surface area contributed by atoms with Gasteiger partial charge in [-0.3, -0.25) is 0 Å². The van der Waals surface area contributed by atoms with Crippen LogP contribution >= 0.6 is 0 Å². The molecule has 1 rings (SSSR count). The van der Waals surface area contributed by atoms with Crippen LogP contribution < -0.4 is 11.1 Å². The minimum Gasteiger partial charge on any atom is -0.338 e. The van der Waals surface area contributed by atoms with Crippen LogP contribution in [0.2, 0.25) is 0 Å². The molecule has 4 nitrogen and oxygen atoms in total. The van der Waals surface area contributed by atoms with Gasteiger partial charge in [0, 0.05) is 25.7 Å². The van der Waals surface area contributed by atoms with Crippen molar-refractivity contribution in [2.75, 3.05) is 19.6 Å². The average molecular weight is 199 g/mol. The zero-order chi connectivity index (χ0) is 10.6. The number of carbonyl (C=O) groups is 1. The van der Waals surface area contributed by atoms with Crippen molar-refractivity contribution in [3.8, 4) is 0 Å². The maximum Gasteiger partial charge on any atom is 0.317 e. The summed E-state index contributed by atoms with van der Waals surface area (Å²) in [6.45, 7) is 6.30. The molecule has 0 bridgehead atoms. The Morgan fingerprint density at radius 1 is 1.43 bits per heavy atom. The number of hydrogen-bond acceptors (Lipinski definition) is 2. The van der Waals surface area contributed by atoms with Crippen molar-refractivity contribution in [2.24, 2.45) is 11.7 Å². The van der Waals surface area contributed by atoms with Crippen LogP contribution in [0.3, 0.4) is 0 Å². The van der Waals surface area contributed by atoms with E-state index in [1.165, 1.54) is 0 Å². The van der Waals surface area contributed by atoms with E-state index in [1.807, 2.05) is 13.8 Å². The second-order valence-electron chi connectivity index (χ2n) is 3.96. The van der Waals surface area contributed by atoms with Crippen molar-refractivity contribution < 1.29 is 4.79 Å². The summed E-state index contributed by atoms with van der Waals surface area (Å²) in [4.78, 5) is 13.3. The first kappa shape index (κ1) is 11.3. The highest BCUT2D eigenvalue weighted by Crippen LogP contribution is 2.24. The van der Waals surface area contributed by atoms with Crippen LogP contribution in [-0.4, -0.2) is 36.6 Å². The van der Waals surface area contributed by atoms with E-state index in [2.05, 4.69) is 5.32 Å². The summed E-state index contributed by atoms with van der Waals surface area (Å²) in [5, 5.41) is 2.94. The molecule has 1 saturated carbocycles. The Kier molecular flexibility index (Phi) is 4.20. The van der Waals surface area contributed by atoms with E-state index in [-0.39, 0.29) is 6.03 Å². The lowest BCUT2D eigenvalue weighted by Crippen LogP contribution is -2.46. The summed E-state index contributed by atoms with van der Waals surface area (Å²) >= 11 is 0. The fourth-order valence-electron chi connectivity index (χ4n) is 1.81. The Hall–Kier alpha value is -0.770. The topological polar surface area (TPSA) is 58.4 Å². The Labute approximate surface area is 85.8 Å². The molecule has 0 spiro atoms. The summed E-state index contributed by atoms with van der Waals surface area (Å²) in [6.07, 6.45) is 2.11. The Bertz CT molecular complexity index is 186. The first-order chi connectivity index (χ1) is 6.67. The second kappa shape index (κ2) is 5.20. The highest BCUT2D eigenvalue weighted by Gasteiger charge is 2.26. The van der Waals surface area contributed by atoms with Gasteiger partial charge in [0.05, 0.1) is 0 Å². The van der Waals surface area contributed by atoms with Gasteiger partial charge in [-0.1, -0.05) is 0 Å². The van der Waals surface area contributed by atoms with Gasteiger partial charge in [0.2, 0.25) is 0 Å². The molecule has 0 aromatic carbocycles. The Morgan fingerprint density at radius 3 is 2.43 bits per heavy atom. The van der Waals surface area contributed by atoms with Crippen molar-refractivity contribution in [1.82, 2.24) is 10.2 Å². The predicted octanol–water partition coefficient (Wildman–Crippen LogP) is 0.775. The Balaban J connectivity index is 2.14. The van der Waals surface area contributed by atoms with Gasteiger partial charge in [0.1, 0.15) is 0 Å². The van der Waals surface area contributed by atoms with Crippen LogP contribution in [0.4, 0.5) is 4.79 Å². The number of nitrogens with two attached hydrogens (primary N) is 1. The van der Waals surface area contributed by atoms with Gasteiger partial charge in [0.15, 0.2) is 0 Å². The molecule has 0 heterocycles. The van der Waals surface area contributed by atoms with Crippen molar-refractivity contribution >= 4 is 6.03 Å². The van der Waals surface area contributed by atoms with Crippen LogP contribution in [0.5, 0.6) is 0 Å². The molecule has 3 N–H and O–H groups in total. The van der Waals surface area contributed by atoms with E-state index in [4.69, 9.17) is 5.73 Å². The van der Waals surface area contributed by atoms with Crippen LogP contribution in [-0.2, 0) is 0 Å². The fourth-order valence-corrected chi connectivity index (χ4v) is 1.81. The number of rotatable bonds is 4. The average Bonchev–Trinajstić information content (AvgIpc) is 2.12. The zero-order valence-corrected chi connectivity index (χ0v) is 9.12. The number of nitrogens with one attached hydrogen (secondary N) is 1. The molecular weight excluding hydrogens is 178 g/mol. The number of hydrogen-bond donors (Lipinski definition) is 2. The smallest absolute Gasteiger partial charge is 0.317 e. The first-order valence-electron chi connectivity index (χ1n) is 5.45. The summed E-state index contributed by atoms with van der Waals surface area (Å²) in [6, 6.07) is 0.417. The highest BCUT2D eigenvalue weighted by atomic mass is 16.2. The molecule has 2 amide bonds. The van der Waals surface area contributed by atoms with E-state index in [0.29, 0.717) is 12.0 Å². The van der Waals surface area contributed by atoms with Crippen molar-refractivity contribution in [1.29, 1.82) is 0 Å². The van der Waals surface area contributed by atoms with Crippen LogP contribution in [0.1, 0.15) is 26.7 Å². The molecule has 0 aromatic rings. The quantitative estimate of drug-likeness (QED) is 0.703. The SMILES string of the molecule is CCN(CC)C(=O)NCC1CC(N)C1. The lowest BCUT2D eigenvalue weighted by atomic mass is 9.81. The second-order valence-corrected chi connectivity index (χ2v) is 3.96. The maximum atomic E-state index is 11.5. The molecule has 0 aliphatic heterocycles. The maximum absolute atomic E-state index is 11.5. The van der Waals surface area contributed by atoms with Gasteiger partial charge in [0.25, 0.3) is 0 Å². The van der Waals surface area contributed by atoms with Gasteiger partial charge in [-0.15, -0.1) is 0 Å². The van der Waals surface area contributed by atoms with Crippen molar-refractivity contribution in [2.45, 2.75) is 32.7 Å². The molecule has 0 unspecified atom stereocenters. The van der Waals surface area contributed by atoms with Gasteiger partial charge in [-0.2, -0.15) is 0 Å². The normalized spacial score (nSPS) is 25.4. The van der Waals surface area contributed by atoms with Crippen LogP contribution in [0, 0.1) is 5.92 Å². The minimum absolute atomic E-state index is 0.0514. The molecule has 0 radical (unpaired) electrons. The summed E-state index contributed by atoms with van der Waals surface area (Å²) in [5.41, 5.74) is 5.66. The molecule has 4 heteroatoms. The minimum atomic E-state index is 0.0514. The third-order valence-corrected chi connectivity index (χ3v) is 2.86. The van der Waals surface area contributed by atoms with Gasteiger partial charge in [-0.05, 0) is 32.6 Å². The molecule has 82 valence electrons. The lowest BCUT2D eigenvalue weighted by Gasteiger charge is -2.33. The summed E-state index contributed by atoms with van der Waals surface area (Å²) in [7, 11) is 0. The Morgan fingerprint density at radius 2 is 2.00 bits per heavy atom. The number of amides is 2. The van der Waals surface area contributed by atoms with Crippen LogP contribution in [0.25, 0.3) is 0 Å². The standard InChI is InChI=1S/C10H21N3O/c1-3-13(4-2)10(14)12-7-8-5-9(11)6-8/h8-9H,3-7,11H2,1-2H3,(H,12,14). The molecule has 0 aromatic heterocycles. The molecular formula is C10H21N3O. The lowest BCUT2D eigenvalue weighted by molar-refractivity contribution is 0.193. The molecule has 1 aliphatic rings. The monoisotopic (exact) mass is 199 g/mol. The number of nitrogens with zero attached hydrogens (tertiary/aromatic N) is 1. The van der Waals surface area contributed by atoms with E-state index >= 15 is 0 Å². The number of urea groups is 1. The fraction of sp³-hybridized carbons (Fsp3) is 0.900. The predicted molar refractivity (Wildman–Crippen MR) is 57.0 cm³/mol. The van der Waals surface area contributed by atoms with Gasteiger partial charge in [-0.25, -0.2) is 4.79 Å². The third-order valence-electron chi connectivity index (χ3n) is 2.86. The molecule has 0 saturated heterocycles. The molecule has 14 heavy (non-hydrogen) atoms. The molecule has 1 fully saturated rings. The van der Waals surface area contributed by atoms with Gasteiger partial charge < -0.3 is 16.0 Å². The highest BCUT2D eigenvalue weighted by molar-refractivity contribution is 5.74. The van der Waals surface area contributed by atoms with Crippen LogP contribution in [0.15, 0.2) is 0 Å². The summed E-state index contributed by atoms with van der Waals surface area (Å²) in [5.74, 6) is 0.601. The summed E-state index contributed by atoms with van der Waals surface area (Å²) < 4.78 is 0. The van der Waals surface area contributed by atoms with Gasteiger partial charge >= 0.3 is 6.03 Å². The number of carbonyl (C=O) groups excluding carboxylic acids is 1.